The highest BCUT2D eigenvalue weighted by atomic mass is 19.1. The third kappa shape index (κ3) is 4.95. The van der Waals surface area contributed by atoms with Gasteiger partial charge in [0.1, 0.15) is 5.82 Å². The third-order valence-electron chi connectivity index (χ3n) is 4.04. The molecule has 1 heterocycles. The van der Waals surface area contributed by atoms with Gasteiger partial charge < -0.3 is 10.2 Å². The lowest BCUT2D eigenvalue weighted by atomic mass is 10.1. The number of amides is 1. The maximum Gasteiger partial charge on any atom is 0.244 e. The minimum absolute atomic E-state index is 0.158. The SMILES string of the molecule is CC(=CC(=O)NCC(C)CN1CCCC1)c1ccccc1F. The van der Waals surface area contributed by atoms with Gasteiger partial charge in [-0.05, 0) is 50.4 Å². The van der Waals surface area contributed by atoms with Gasteiger partial charge in [0.2, 0.25) is 5.91 Å². The lowest BCUT2D eigenvalue weighted by Gasteiger charge is -2.20. The van der Waals surface area contributed by atoms with Gasteiger partial charge in [-0.15, -0.1) is 0 Å². The molecule has 1 saturated heterocycles. The van der Waals surface area contributed by atoms with Gasteiger partial charge >= 0.3 is 0 Å². The number of nitrogens with one attached hydrogen (secondary N) is 1. The fourth-order valence-electron chi connectivity index (χ4n) is 2.85. The monoisotopic (exact) mass is 304 g/mol. The molecular formula is C18H25FN2O. The summed E-state index contributed by atoms with van der Waals surface area (Å²) in [5, 5.41) is 2.91. The molecule has 0 bridgehead atoms. The van der Waals surface area contributed by atoms with Crippen molar-refractivity contribution in [1.29, 1.82) is 0 Å². The average molecular weight is 304 g/mol. The van der Waals surface area contributed by atoms with Gasteiger partial charge in [-0.25, -0.2) is 4.39 Å². The molecule has 1 unspecified atom stereocenters. The molecule has 0 saturated carbocycles. The number of allylic oxidation sites excluding steroid dienone is 1. The Balaban J connectivity index is 1.81. The van der Waals surface area contributed by atoms with Crippen LogP contribution < -0.4 is 5.32 Å². The van der Waals surface area contributed by atoms with E-state index in [0.717, 1.165) is 6.54 Å². The summed E-state index contributed by atoms with van der Waals surface area (Å²) in [6, 6.07) is 6.51. The van der Waals surface area contributed by atoms with Crippen molar-refractivity contribution in [3.05, 3.63) is 41.7 Å². The Hall–Kier alpha value is -1.68. The van der Waals surface area contributed by atoms with Gasteiger partial charge in [0.15, 0.2) is 0 Å². The second-order valence-corrected chi connectivity index (χ2v) is 6.17. The Morgan fingerprint density at radius 1 is 1.36 bits per heavy atom. The molecule has 0 aliphatic carbocycles. The second kappa shape index (κ2) is 8.08. The number of benzene rings is 1. The fourth-order valence-corrected chi connectivity index (χ4v) is 2.85. The Kier molecular flexibility index (Phi) is 6.13. The first kappa shape index (κ1) is 16.7. The summed E-state index contributed by atoms with van der Waals surface area (Å²) in [7, 11) is 0. The number of halogens is 1. The molecule has 1 N–H and O–H groups in total. The van der Waals surface area contributed by atoms with Crippen LogP contribution in [0.25, 0.3) is 5.57 Å². The van der Waals surface area contributed by atoms with Gasteiger partial charge in [-0.2, -0.15) is 0 Å². The molecule has 22 heavy (non-hydrogen) atoms. The molecule has 120 valence electrons. The Morgan fingerprint density at radius 3 is 2.73 bits per heavy atom. The Morgan fingerprint density at radius 2 is 2.05 bits per heavy atom. The van der Waals surface area contributed by atoms with E-state index in [1.807, 2.05) is 0 Å². The van der Waals surface area contributed by atoms with Crippen LogP contribution in [0.2, 0.25) is 0 Å². The summed E-state index contributed by atoms with van der Waals surface area (Å²) in [6.07, 6.45) is 4.04. The van der Waals surface area contributed by atoms with Crippen molar-refractivity contribution in [1.82, 2.24) is 10.2 Å². The van der Waals surface area contributed by atoms with Crippen LogP contribution in [-0.2, 0) is 4.79 Å². The predicted octanol–water partition coefficient (Wildman–Crippen LogP) is 3.08. The van der Waals surface area contributed by atoms with Crippen LogP contribution in [0.1, 0.15) is 32.3 Å². The van der Waals surface area contributed by atoms with Crippen LogP contribution in [0, 0.1) is 11.7 Å². The minimum atomic E-state index is -0.300. The zero-order chi connectivity index (χ0) is 15.9. The summed E-state index contributed by atoms with van der Waals surface area (Å²) in [5.74, 6) is -0.0373. The van der Waals surface area contributed by atoms with Crippen molar-refractivity contribution >= 4 is 11.5 Å². The molecule has 4 heteroatoms. The van der Waals surface area contributed by atoms with E-state index < -0.39 is 0 Å². The molecular weight excluding hydrogens is 279 g/mol. The first-order valence-electron chi connectivity index (χ1n) is 7.99. The van der Waals surface area contributed by atoms with Gasteiger partial charge in [0.05, 0.1) is 0 Å². The summed E-state index contributed by atoms with van der Waals surface area (Å²) in [4.78, 5) is 14.4. The summed E-state index contributed by atoms with van der Waals surface area (Å²) >= 11 is 0. The standard InChI is InChI=1S/C18H25FN2O/c1-14(13-21-9-5-6-10-21)12-20-18(22)11-15(2)16-7-3-4-8-17(16)19/h3-4,7-8,11,14H,5-6,9-10,12-13H2,1-2H3,(H,20,22). The van der Waals surface area contributed by atoms with Crippen LogP contribution in [0.15, 0.2) is 30.3 Å². The van der Waals surface area contributed by atoms with Gasteiger partial charge in [0, 0.05) is 24.7 Å². The highest BCUT2D eigenvalue weighted by Crippen LogP contribution is 2.17. The van der Waals surface area contributed by atoms with Crippen molar-refractivity contribution in [2.75, 3.05) is 26.2 Å². The number of hydrogen-bond donors (Lipinski definition) is 1. The number of hydrogen-bond acceptors (Lipinski definition) is 2. The zero-order valence-electron chi connectivity index (χ0n) is 13.4. The normalized spacial score (nSPS) is 17.5. The molecule has 1 aromatic rings. The quantitative estimate of drug-likeness (QED) is 0.819. The molecule has 0 aromatic heterocycles. The largest absolute Gasteiger partial charge is 0.352 e. The van der Waals surface area contributed by atoms with Gasteiger partial charge in [-0.3, -0.25) is 4.79 Å². The average Bonchev–Trinajstić information content (AvgIpc) is 2.98. The molecule has 1 amide bonds. The second-order valence-electron chi connectivity index (χ2n) is 6.17. The fraction of sp³-hybridized carbons (Fsp3) is 0.500. The summed E-state index contributed by atoms with van der Waals surface area (Å²) < 4.78 is 13.7. The van der Waals surface area contributed by atoms with E-state index in [1.165, 1.54) is 38.1 Å². The topological polar surface area (TPSA) is 32.3 Å². The molecule has 3 nitrogen and oxygen atoms in total. The highest BCUT2D eigenvalue weighted by molar-refractivity contribution is 5.94. The van der Waals surface area contributed by atoms with E-state index in [9.17, 15) is 9.18 Å². The molecule has 2 rings (SSSR count). The molecule has 1 fully saturated rings. The van der Waals surface area contributed by atoms with E-state index in [1.54, 1.807) is 25.1 Å². The van der Waals surface area contributed by atoms with E-state index in [-0.39, 0.29) is 11.7 Å². The van der Waals surface area contributed by atoms with Crippen molar-refractivity contribution in [2.24, 2.45) is 5.92 Å². The molecule has 1 atom stereocenters. The summed E-state index contributed by atoms with van der Waals surface area (Å²) in [5.41, 5.74) is 1.12. The van der Waals surface area contributed by atoms with Crippen molar-refractivity contribution in [3.63, 3.8) is 0 Å². The van der Waals surface area contributed by atoms with E-state index >= 15 is 0 Å². The van der Waals surface area contributed by atoms with Crippen LogP contribution >= 0.6 is 0 Å². The first-order valence-corrected chi connectivity index (χ1v) is 7.99. The molecule has 0 spiro atoms. The smallest absolute Gasteiger partial charge is 0.244 e. The zero-order valence-corrected chi connectivity index (χ0v) is 13.4. The molecule has 1 aromatic carbocycles. The first-order chi connectivity index (χ1) is 10.6. The number of nitrogens with zero attached hydrogens (tertiary/aromatic N) is 1. The van der Waals surface area contributed by atoms with E-state index in [0.29, 0.717) is 23.6 Å². The van der Waals surface area contributed by atoms with Gasteiger partial charge in [0.25, 0.3) is 0 Å². The van der Waals surface area contributed by atoms with Crippen LogP contribution in [0.3, 0.4) is 0 Å². The number of carbonyl (C=O) groups is 1. The van der Waals surface area contributed by atoms with E-state index in [4.69, 9.17) is 0 Å². The Bertz CT molecular complexity index is 536. The van der Waals surface area contributed by atoms with E-state index in [2.05, 4.69) is 17.1 Å². The molecule has 0 radical (unpaired) electrons. The minimum Gasteiger partial charge on any atom is -0.352 e. The number of rotatable bonds is 6. The third-order valence-corrected chi connectivity index (χ3v) is 4.04. The number of likely N-dealkylation sites (tertiary alicyclic amines) is 1. The molecule has 1 aliphatic rings. The van der Waals surface area contributed by atoms with Crippen LogP contribution in [0.4, 0.5) is 4.39 Å². The predicted molar refractivity (Wildman–Crippen MR) is 87.9 cm³/mol. The summed E-state index contributed by atoms with van der Waals surface area (Å²) in [6.45, 7) is 7.92. The van der Waals surface area contributed by atoms with Crippen molar-refractivity contribution < 1.29 is 9.18 Å². The van der Waals surface area contributed by atoms with Crippen LogP contribution in [0.5, 0.6) is 0 Å². The maximum absolute atomic E-state index is 13.7. The highest BCUT2D eigenvalue weighted by Gasteiger charge is 2.15. The molecule has 1 aliphatic heterocycles. The Labute approximate surface area is 132 Å². The van der Waals surface area contributed by atoms with Crippen LogP contribution in [-0.4, -0.2) is 37.0 Å². The lowest BCUT2D eigenvalue weighted by molar-refractivity contribution is -0.116. The van der Waals surface area contributed by atoms with Gasteiger partial charge in [-0.1, -0.05) is 25.1 Å². The maximum atomic E-state index is 13.7. The van der Waals surface area contributed by atoms with Crippen molar-refractivity contribution in [3.8, 4) is 0 Å². The number of carbonyl (C=O) groups excluding carboxylic acids is 1. The lowest BCUT2D eigenvalue weighted by Crippen LogP contribution is -2.33. The van der Waals surface area contributed by atoms with Crippen molar-refractivity contribution in [2.45, 2.75) is 26.7 Å².